The average molecular weight is 430 g/mol. The summed E-state index contributed by atoms with van der Waals surface area (Å²) in [4.78, 5) is 27.7. The molecule has 156 valence electrons. The Kier molecular flexibility index (Phi) is 7.03. The molecule has 3 rings (SSSR count). The summed E-state index contributed by atoms with van der Waals surface area (Å²) >= 11 is 5.73. The number of carbonyl (C=O) groups is 2. The molecule has 0 saturated heterocycles. The van der Waals surface area contributed by atoms with Gasteiger partial charge < -0.3 is 19.3 Å². The number of aromatic nitrogens is 2. The fourth-order valence-corrected chi connectivity index (χ4v) is 2.67. The van der Waals surface area contributed by atoms with Crippen LogP contribution in [0.3, 0.4) is 0 Å². The van der Waals surface area contributed by atoms with Crippen LogP contribution < -0.4 is 10.1 Å². The number of hydrogen-bond acceptors (Lipinski definition) is 7. The number of anilines is 1. The van der Waals surface area contributed by atoms with Crippen molar-refractivity contribution in [3.8, 4) is 5.75 Å². The standard InChI is InChI=1S/C21H20ClN3O5/c1-13-18(14(2)30-25-13)11-28-17-6-3-15(4-7-17)9-21(27)29-12-20(26)24-19-8-5-16(22)10-23-19/h3-8,10H,9,11-12H2,1-2H3,(H,23,24,26). The molecule has 0 fully saturated rings. The SMILES string of the molecule is Cc1noc(C)c1COc1ccc(CC(=O)OCC(=O)Nc2ccc(Cl)cn2)cc1. The van der Waals surface area contributed by atoms with Crippen LogP contribution in [-0.2, 0) is 27.4 Å². The molecule has 3 aromatic rings. The maximum Gasteiger partial charge on any atom is 0.310 e. The Morgan fingerprint density at radius 2 is 1.90 bits per heavy atom. The van der Waals surface area contributed by atoms with Crippen molar-refractivity contribution in [3.63, 3.8) is 0 Å². The molecule has 0 aliphatic heterocycles. The van der Waals surface area contributed by atoms with Crippen LogP contribution in [0.2, 0.25) is 5.02 Å². The maximum atomic E-state index is 12.0. The van der Waals surface area contributed by atoms with Crippen molar-refractivity contribution in [3.05, 3.63) is 70.2 Å². The maximum absolute atomic E-state index is 12.0. The van der Waals surface area contributed by atoms with Crippen LogP contribution in [0.5, 0.6) is 5.75 Å². The Balaban J connectivity index is 1.42. The molecule has 0 spiro atoms. The smallest absolute Gasteiger partial charge is 0.310 e. The molecule has 0 atom stereocenters. The number of esters is 1. The second kappa shape index (κ2) is 9.89. The molecular formula is C21H20ClN3O5. The lowest BCUT2D eigenvalue weighted by Crippen LogP contribution is -2.22. The first kappa shape index (κ1) is 21.3. The third kappa shape index (κ3) is 6.05. The third-order valence-electron chi connectivity index (χ3n) is 4.20. The van der Waals surface area contributed by atoms with Crippen LogP contribution in [0.15, 0.2) is 47.1 Å². The monoisotopic (exact) mass is 429 g/mol. The molecular weight excluding hydrogens is 410 g/mol. The molecule has 0 bridgehead atoms. The highest BCUT2D eigenvalue weighted by atomic mass is 35.5. The van der Waals surface area contributed by atoms with Gasteiger partial charge in [-0.2, -0.15) is 0 Å². The molecule has 9 heteroatoms. The van der Waals surface area contributed by atoms with Gasteiger partial charge in [-0.1, -0.05) is 28.9 Å². The van der Waals surface area contributed by atoms with Gasteiger partial charge >= 0.3 is 5.97 Å². The molecule has 2 aromatic heterocycles. The zero-order chi connectivity index (χ0) is 21.5. The first-order chi connectivity index (χ1) is 14.4. The zero-order valence-electron chi connectivity index (χ0n) is 16.5. The van der Waals surface area contributed by atoms with Gasteiger partial charge in [0.15, 0.2) is 6.61 Å². The topological polar surface area (TPSA) is 104 Å². The van der Waals surface area contributed by atoms with Gasteiger partial charge in [-0.15, -0.1) is 0 Å². The molecule has 0 saturated carbocycles. The number of ether oxygens (including phenoxy) is 2. The molecule has 30 heavy (non-hydrogen) atoms. The van der Waals surface area contributed by atoms with Crippen molar-refractivity contribution in [1.82, 2.24) is 10.1 Å². The number of nitrogens with one attached hydrogen (secondary N) is 1. The highest BCUT2D eigenvalue weighted by molar-refractivity contribution is 6.30. The lowest BCUT2D eigenvalue weighted by molar-refractivity contribution is -0.146. The molecule has 2 heterocycles. The molecule has 0 radical (unpaired) electrons. The Morgan fingerprint density at radius 3 is 2.53 bits per heavy atom. The minimum Gasteiger partial charge on any atom is -0.489 e. The van der Waals surface area contributed by atoms with E-state index in [0.717, 1.165) is 22.6 Å². The predicted molar refractivity (Wildman–Crippen MR) is 109 cm³/mol. The highest BCUT2D eigenvalue weighted by Gasteiger charge is 2.11. The van der Waals surface area contributed by atoms with Crippen LogP contribution >= 0.6 is 11.6 Å². The normalized spacial score (nSPS) is 10.5. The number of amides is 1. The molecule has 0 aliphatic carbocycles. The van der Waals surface area contributed by atoms with Gasteiger partial charge in [0.05, 0.1) is 22.7 Å². The number of rotatable bonds is 8. The van der Waals surface area contributed by atoms with Crippen molar-refractivity contribution in [1.29, 1.82) is 0 Å². The van der Waals surface area contributed by atoms with E-state index in [2.05, 4.69) is 15.5 Å². The first-order valence-corrected chi connectivity index (χ1v) is 9.49. The number of nitrogens with zero attached hydrogens (tertiary/aromatic N) is 2. The Labute approximate surface area is 178 Å². The third-order valence-corrected chi connectivity index (χ3v) is 4.42. The predicted octanol–water partition coefficient (Wildman–Crippen LogP) is 3.64. The van der Waals surface area contributed by atoms with Gasteiger partial charge in [0.2, 0.25) is 0 Å². The number of pyridine rings is 1. The summed E-state index contributed by atoms with van der Waals surface area (Å²) in [6.45, 7) is 3.64. The Hall–Kier alpha value is -3.39. The van der Waals surface area contributed by atoms with Gasteiger partial charge in [0, 0.05) is 6.20 Å². The van der Waals surface area contributed by atoms with Gasteiger partial charge in [-0.05, 0) is 43.7 Å². The van der Waals surface area contributed by atoms with Crippen LogP contribution in [-0.4, -0.2) is 28.6 Å². The fraction of sp³-hybridized carbons (Fsp3) is 0.238. The molecule has 0 unspecified atom stereocenters. The molecule has 1 N–H and O–H groups in total. The van der Waals surface area contributed by atoms with Crippen LogP contribution in [0.1, 0.15) is 22.6 Å². The largest absolute Gasteiger partial charge is 0.489 e. The van der Waals surface area contributed by atoms with Crippen LogP contribution in [0.25, 0.3) is 0 Å². The minimum atomic E-state index is -0.515. The first-order valence-electron chi connectivity index (χ1n) is 9.11. The number of aryl methyl sites for hydroxylation is 2. The number of benzene rings is 1. The van der Waals surface area contributed by atoms with Crippen molar-refractivity contribution in [2.75, 3.05) is 11.9 Å². The van der Waals surface area contributed by atoms with E-state index in [-0.39, 0.29) is 6.42 Å². The van der Waals surface area contributed by atoms with Crippen molar-refractivity contribution in [2.24, 2.45) is 0 Å². The second-order valence-electron chi connectivity index (χ2n) is 6.48. The second-order valence-corrected chi connectivity index (χ2v) is 6.92. The molecule has 1 amide bonds. The summed E-state index contributed by atoms with van der Waals surface area (Å²) in [6.07, 6.45) is 1.45. The zero-order valence-corrected chi connectivity index (χ0v) is 17.2. The van der Waals surface area contributed by atoms with E-state index in [1.165, 1.54) is 6.20 Å². The van der Waals surface area contributed by atoms with Gasteiger partial charge in [-0.25, -0.2) is 4.98 Å². The van der Waals surface area contributed by atoms with E-state index in [9.17, 15) is 9.59 Å². The molecule has 1 aromatic carbocycles. The fourth-order valence-electron chi connectivity index (χ4n) is 2.56. The Morgan fingerprint density at radius 1 is 1.13 bits per heavy atom. The minimum absolute atomic E-state index is 0.0383. The lowest BCUT2D eigenvalue weighted by Gasteiger charge is -2.08. The quantitative estimate of drug-likeness (QED) is 0.545. The lowest BCUT2D eigenvalue weighted by atomic mass is 10.1. The summed E-state index contributed by atoms with van der Waals surface area (Å²) in [6, 6.07) is 10.2. The van der Waals surface area contributed by atoms with E-state index in [4.69, 9.17) is 25.6 Å². The van der Waals surface area contributed by atoms with E-state index in [1.807, 2.05) is 13.8 Å². The number of hydrogen-bond donors (Lipinski definition) is 1. The highest BCUT2D eigenvalue weighted by Crippen LogP contribution is 2.18. The van der Waals surface area contributed by atoms with Crippen LogP contribution in [0.4, 0.5) is 5.82 Å². The Bertz CT molecular complexity index is 997. The molecule has 0 aliphatic rings. The summed E-state index contributed by atoms with van der Waals surface area (Å²) in [5, 5.41) is 6.86. The van der Waals surface area contributed by atoms with Crippen LogP contribution in [0, 0.1) is 13.8 Å². The number of halogens is 1. The van der Waals surface area contributed by atoms with E-state index >= 15 is 0 Å². The summed E-state index contributed by atoms with van der Waals surface area (Å²) in [5.41, 5.74) is 2.45. The van der Waals surface area contributed by atoms with Crippen molar-refractivity contribution < 1.29 is 23.6 Å². The van der Waals surface area contributed by atoms with Gasteiger partial charge in [0.25, 0.3) is 5.91 Å². The van der Waals surface area contributed by atoms with E-state index < -0.39 is 18.5 Å². The summed E-state index contributed by atoms with van der Waals surface area (Å²) in [5.74, 6) is 0.706. The number of carbonyl (C=O) groups excluding carboxylic acids is 2. The summed E-state index contributed by atoms with van der Waals surface area (Å²) in [7, 11) is 0. The van der Waals surface area contributed by atoms with Gasteiger partial charge in [-0.3, -0.25) is 9.59 Å². The van der Waals surface area contributed by atoms with Gasteiger partial charge in [0.1, 0.15) is 23.9 Å². The summed E-state index contributed by atoms with van der Waals surface area (Å²) < 4.78 is 15.8. The molecule has 8 nitrogen and oxygen atoms in total. The van der Waals surface area contributed by atoms with E-state index in [1.54, 1.807) is 36.4 Å². The van der Waals surface area contributed by atoms with Crippen molar-refractivity contribution >= 4 is 29.3 Å². The van der Waals surface area contributed by atoms with E-state index in [0.29, 0.717) is 23.2 Å². The van der Waals surface area contributed by atoms with Crippen molar-refractivity contribution in [2.45, 2.75) is 26.9 Å². The average Bonchev–Trinajstić information content (AvgIpc) is 3.05.